The summed E-state index contributed by atoms with van der Waals surface area (Å²) in [6.07, 6.45) is 0.486. The van der Waals surface area contributed by atoms with Crippen LogP contribution in [0.2, 0.25) is 0 Å². The van der Waals surface area contributed by atoms with Crippen LogP contribution in [0.4, 0.5) is 0 Å². The molecule has 0 radical (unpaired) electrons. The predicted octanol–water partition coefficient (Wildman–Crippen LogP) is 2.21. The molecule has 7 heteroatoms. The first-order valence-electron chi connectivity index (χ1n) is 9.60. The van der Waals surface area contributed by atoms with Gasteiger partial charge in [-0.15, -0.1) is 0 Å². The van der Waals surface area contributed by atoms with Crippen LogP contribution in [0.3, 0.4) is 0 Å². The second-order valence-corrected chi connectivity index (χ2v) is 7.09. The molecule has 2 aliphatic rings. The molecule has 1 fully saturated rings. The number of esters is 1. The summed E-state index contributed by atoms with van der Waals surface area (Å²) < 4.78 is 10.6. The Hall–Kier alpha value is -3.35. The molecule has 2 amide bonds. The van der Waals surface area contributed by atoms with E-state index in [2.05, 4.69) is 5.32 Å². The number of fused-ring (bicyclic) bond motifs is 1. The summed E-state index contributed by atoms with van der Waals surface area (Å²) >= 11 is 0. The largest absolute Gasteiger partial charge is 0.497 e. The van der Waals surface area contributed by atoms with Crippen molar-refractivity contribution in [3.05, 3.63) is 65.2 Å². The number of hydrogen-bond donors (Lipinski definition) is 1. The van der Waals surface area contributed by atoms with Gasteiger partial charge in [0.05, 0.1) is 12.7 Å². The van der Waals surface area contributed by atoms with Gasteiger partial charge in [-0.3, -0.25) is 14.5 Å². The van der Waals surface area contributed by atoms with Crippen molar-refractivity contribution >= 4 is 17.8 Å². The van der Waals surface area contributed by atoms with Crippen molar-refractivity contribution in [2.24, 2.45) is 0 Å². The highest BCUT2D eigenvalue weighted by Gasteiger charge is 2.46. The molecule has 0 aliphatic carbocycles. The van der Waals surface area contributed by atoms with E-state index in [1.807, 2.05) is 24.3 Å². The zero-order chi connectivity index (χ0) is 20.4. The Morgan fingerprint density at radius 2 is 1.93 bits per heavy atom. The lowest BCUT2D eigenvalue weighted by Crippen LogP contribution is -2.46. The minimum Gasteiger partial charge on any atom is -0.497 e. The monoisotopic (exact) mass is 394 g/mol. The maximum atomic E-state index is 12.8. The average Bonchev–Trinajstić information content (AvgIpc) is 3.28. The number of amides is 2. The van der Waals surface area contributed by atoms with Crippen molar-refractivity contribution in [3.8, 4) is 5.75 Å². The number of likely N-dealkylation sites (tertiary alicyclic amines) is 1. The molecule has 0 saturated carbocycles. The number of cyclic esters (lactones) is 1. The molecular weight excluding hydrogens is 372 g/mol. The lowest BCUT2D eigenvalue weighted by atomic mass is 10.1. The molecule has 2 heterocycles. The van der Waals surface area contributed by atoms with Crippen molar-refractivity contribution in [2.45, 2.75) is 31.5 Å². The van der Waals surface area contributed by atoms with Gasteiger partial charge in [0.15, 0.2) is 0 Å². The maximum Gasteiger partial charge on any atom is 0.340 e. The van der Waals surface area contributed by atoms with Crippen molar-refractivity contribution in [1.82, 2.24) is 10.2 Å². The molecule has 29 heavy (non-hydrogen) atoms. The van der Waals surface area contributed by atoms with Crippen molar-refractivity contribution in [2.75, 3.05) is 13.7 Å². The molecular formula is C22H22N2O5. The predicted molar refractivity (Wildman–Crippen MR) is 104 cm³/mol. The fraction of sp³-hybridized carbons (Fsp3) is 0.318. The molecule has 4 rings (SSSR count). The number of benzene rings is 2. The third-order valence-electron chi connectivity index (χ3n) is 5.35. The van der Waals surface area contributed by atoms with Gasteiger partial charge in [-0.1, -0.05) is 30.3 Å². The van der Waals surface area contributed by atoms with Gasteiger partial charge in [-0.25, -0.2) is 4.79 Å². The van der Waals surface area contributed by atoms with Crippen LogP contribution in [-0.4, -0.2) is 42.4 Å². The number of carbonyl (C=O) groups is 3. The molecule has 0 unspecified atom stereocenters. The van der Waals surface area contributed by atoms with Gasteiger partial charge in [0.25, 0.3) is 0 Å². The molecule has 150 valence electrons. The number of carbonyl (C=O) groups excluding carboxylic acids is 3. The summed E-state index contributed by atoms with van der Waals surface area (Å²) in [6.45, 7) is 0.449. The van der Waals surface area contributed by atoms with Crippen LogP contribution in [0.15, 0.2) is 48.5 Å². The van der Waals surface area contributed by atoms with Crippen molar-refractivity contribution < 1.29 is 23.9 Å². The van der Waals surface area contributed by atoms with Crippen molar-refractivity contribution in [1.29, 1.82) is 0 Å². The quantitative estimate of drug-likeness (QED) is 0.760. The third kappa shape index (κ3) is 3.68. The molecule has 0 aromatic heterocycles. The molecule has 1 saturated heterocycles. The highest BCUT2D eigenvalue weighted by atomic mass is 16.6. The Morgan fingerprint density at radius 3 is 2.69 bits per heavy atom. The zero-order valence-electron chi connectivity index (χ0n) is 16.1. The standard InChI is InChI=1S/C22H22N2O5/c1-28-15-8-6-14(7-9-15)12-13-23-20(26)18-10-11-19(25)24(18)21-16-4-2-3-5-17(16)22(27)29-21/h2-9,18,21H,10-13H2,1H3,(H,23,26)/t18-,21-/m1/s1. The van der Waals surface area contributed by atoms with Crippen LogP contribution >= 0.6 is 0 Å². The van der Waals surface area contributed by atoms with E-state index in [9.17, 15) is 14.4 Å². The van der Waals surface area contributed by atoms with E-state index in [0.29, 0.717) is 30.5 Å². The van der Waals surface area contributed by atoms with Gasteiger partial charge in [-0.2, -0.15) is 0 Å². The second kappa shape index (κ2) is 7.95. The third-order valence-corrected chi connectivity index (χ3v) is 5.35. The van der Waals surface area contributed by atoms with Gasteiger partial charge in [-0.05, 0) is 36.6 Å². The Labute approximate surface area is 168 Å². The van der Waals surface area contributed by atoms with Gasteiger partial charge in [0.2, 0.25) is 18.0 Å². The zero-order valence-corrected chi connectivity index (χ0v) is 16.1. The van der Waals surface area contributed by atoms with Crippen LogP contribution in [-0.2, 0) is 20.7 Å². The average molecular weight is 394 g/mol. The number of nitrogens with one attached hydrogen (secondary N) is 1. The fourth-order valence-electron chi connectivity index (χ4n) is 3.83. The summed E-state index contributed by atoms with van der Waals surface area (Å²) in [5, 5.41) is 2.91. The highest BCUT2D eigenvalue weighted by Crippen LogP contribution is 2.38. The molecule has 2 aromatic rings. The summed E-state index contributed by atoms with van der Waals surface area (Å²) in [4.78, 5) is 38.8. The Kier molecular flexibility index (Phi) is 5.20. The molecule has 0 bridgehead atoms. The SMILES string of the molecule is COc1ccc(CCNC(=O)[C@H]2CCC(=O)N2[C@@H]2OC(=O)c3ccccc32)cc1. The van der Waals surface area contributed by atoms with E-state index in [1.165, 1.54) is 4.90 Å². The number of hydrogen-bond acceptors (Lipinski definition) is 5. The molecule has 7 nitrogen and oxygen atoms in total. The minimum absolute atomic E-state index is 0.185. The number of methoxy groups -OCH3 is 1. The molecule has 2 atom stereocenters. The normalized spacial score (nSPS) is 20.4. The molecule has 0 spiro atoms. The number of nitrogens with zero attached hydrogens (tertiary/aromatic N) is 1. The second-order valence-electron chi connectivity index (χ2n) is 7.09. The van der Waals surface area contributed by atoms with Crippen LogP contribution in [0.1, 0.15) is 40.6 Å². The van der Waals surface area contributed by atoms with Gasteiger partial charge >= 0.3 is 5.97 Å². The van der Waals surface area contributed by atoms with Gasteiger partial charge in [0.1, 0.15) is 11.8 Å². The first kappa shape index (κ1) is 19.0. The Morgan fingerprint density at radius 1 is 1.17 bits per heavy atom. The molecule has 2 aromatic carbocycles. The highest BCUT2D eigenvalue weighted by molar-refractivity contribution is 5.96. The Balaban J connectivity index is 1.41. The first-order chi connectivity index (χ1) is 14.1. The van der Waals surface area contributed by atoms with Gasteiger partial charge in [0, 0.05) is 18.5 Å². The fourth-order valence-corrected chi connectivity index (χ4v) is 3.83. The molecule has 2 aliphatic heterocycles. The number of rotatable bonds is 6. The van der Waals surface area contributed by atoms with E-state index in [4.69, 9.17) is 9.47 Å². The summed E-state index contributed by atoms with van der Waals surface area (Å²) in [6, 6.07) is 14.0. The van der Waals surface area contributed by atoms with E-state index >= 15 is 0 Å². The lowest BCUT2D eigenvalue weighted by molar-refractivity contribution is -0.145. The van der Waals surface area contributed by atoms with E-state index < -0.39 is 18.2 Å². The Bertz CT molecular complexity index is 940. The minimum atomic E-state index is -0.842. The van der Waals surface area contributed by atoms with Crippen LogP contribution in [0.25, 0.3) is 0 Å². The van der Waals surface area contributed by atoms with Crippen molar-refractivity contribution in [3.63, 3.8) is 0 Å². The van der Waals surface area contributed by atoms with Crippen LogP contribution < -0.4 is 10.1 Å². The van der Waals surface area contributed by atoms with Crippen LogP contribution in [0.5, 0.6) is 5.75 Å². The topological polar surface area (TPSA) is 84.9 Å². The summed E-state index contributed by atoms with van der Waals surface area (Å²) in [7, 11) is 1.61. The lowest BCUT2D eigenvalue weighted by Gasteiger charge is -2.29. The number of ether oxygens (including phenoxy) is 2. The maximum absolute atomic E-state index is 12.8. The van der Waals surface area contributed by atoms with Crippen LogP contribution in [0, 0.1) is 0 Å². The first-order valence-corrected chi connectivity index (χ1v) is 9.60. The summed E-state index contributed by atoms with van der Waals surface area (Å²) in [5.74, 6) is -0.104. The van der Waals surface area contributed by atoms with E-state index in [0.717, 1.165) is 11.3 Å². The van der Waals surface area contributed by atoms with E-state index in [-0.39, 0.29) is 18.2 Å². The summed E-state index contributed by atoms with van der Waals surface area (Å²) in [5.41, 5.74) is 2.14. The molecule has 1 N–H and O–H groups in total. The van der Waals surface area contributed by atoms with E-state index in [1.54, 1.807) is 31.4 Å². The van der Waals surface area contributed by atoms with Gasteiger partial charge < -0.3 is 14.8 Å². The smallest absolute Gasteiger partial charge is 0.340 e.